The van der Waals surface area contributed by atoms with E-state index in [0.717, 1.165) is 0 Å². The zero-order valence-corrected chi connectivity index (χ0v) is 10.9. The maximum Gasteiger partial charge on any atom is 0.0354 e. The van der Waals surface area contributed by atoms with Crippen LogP contribution in [0.2, 0.25) is 0 Å². The lowest BCUT2D eigenvalue weighted by molar-refractivity contribution is 0.240. The van der Waals surface area contributed by atoms with E-state index in [4.69, 9.17) is 0 Å². The van der Waals surface area contributed by atoms with Crippen molar-refractivity contribution < 1.29 is 0 Å². The van der Waals surface area contributed by atoms with Gasteiger partial charge in [-0.3, -0.25) is 4.90 Å². The normalized spacial score (nSPS) is 28.6. The molecule has 2 atom stereocenters. The van der Waals surface area contributed by atoms with Gasteiger partial charge in [-0.1, -0.05) is 23.8 Å². The summed E-state index contributed by atoms with van der Waals surface area (Å²) in [6, 6.07) is 8.37. The number of rotatable bonds is 2. The van der Waals surface area contributed by atoms with Crippen molar-refractivity contribution in [1.29, 1.82) is 0 Å². The Balaban J connectivity index is 1.81. The summed E-state index contributed by atoms with van der Waals surface area (Å²) in [4.78, 5) is 2.67. The second kappa shape index (κ2) is 4.43. The molecule has 2 aliphatic rings. The van der Waals surface area contributed by atoms with Gasteiger partial charge in [-0.05, 0) is 44.4 Å². The van der Waals surface area contributed by atoms with Gasteiger partial charge in [-0.25, -0.2) is 0 Å². The standard InChI is InChI=1S/C15H22N2/c1-11-3-4-12-5-6-15(14(12)9-11)17-8-7-13(10-17)16-2/h3-4,9,13,15-16H,5-8,10H2,1-2H3. The topological polar surface area (TPSA) is 15.3 Å². The highest BCUT2D eigenvalue weighted by molar-refractivity contribution is 5.37. The maximum absolute atomic E-state index is 3.41. The zero-order chi connectivity index (χ0) is 11.8. The van der Waals surface area contributed by atoms with Gasteiger partial charge >= 0.3 is 0 Å². The van der Waals surface area contributed by atoms with Crippen LogP contribution in [0.4, 0.5) is 0 Å². The van der Waals surface area contributed by atoms with Gasteiger partial charge in [0.05, 0.1) is 0 Å². The van der Waals surface area contributed by atoms with Gasteiger partial charge < -0.3 is 5.32 Å². The first-order valence-corrected chi connectivity index (χ1v) is 6.78. The summed E-state index contributed by atoms with van der Waals surface area (Å²) in [6.07, 6.45) is 3.88. The molecular formula is C15H22N2. The predicted octanol–water partition coefficient (Wildman–Crippen LogP) is 2.28. The van der Waals surface area contributed by atoms with Crippen molar-refractivity contribution in [2.45, 2.75) is 38.3 Å². The summed E-state index contributed by atoms with van der Waals surface area (Å²) >= 11 is 0. The molecule has 2 nitrogen and oxygen atoms in total. The largest absolute Gasteiger partial charge is 0.316 e. The predicted molar refractivity (Wildman–Crippen MR) is 71.3 cm³/mol. The molecule has 1 aliphatic heterocycles. The molecule has 1 heterocycles. The molecule has 0 saturated carbocycles. The number of hydrogen-bond donors (Lipinski definition) is 1. The van der Waals surface area contributed by atoms with Gasteiger partial charge in [0, 0.05) is 25.2 Å². The highest BCUT2D eigenvalue weighted by Gasteiger charge is 2.32. The van der Waals surface area contributed by atoms with Crippen LogP contribution in [0.15, 0.2) is 18.2 Å². The lowest BCUT2D eigenvalue weighted by Gasteiger charge is -2.25. The minimum atomic E-state index is 0.684. The summed E-state index contributed by atoms with van der Waals surface area (Å²) in [5, 5.41) is 3.41. The maximum atomic E-state index is 3.41. The molecule has 0 radical (unpaired) electrons. The van der Waals surface area contributed by atoms with E-state index >= 15 is 0 Å². The van der Waals surface area contributed by atoms with Gasteiger partial charge in [0.1, 0.15) is 0 Å². The van der Waals surface area contributed by atoms with Crippen molar-refractivity contribution in [3.05, 3.63) is 34.9 Å². The molecule has 0 aromatic heterocycles. The minimum absolute atomic E-state index is 0.684. The van der Waals surface area contributed by atoms with Crippen LogP contribution < -0.4 is 5.32 Å². The Labute approximate surface area is 104 Å². The minimum Gasteiger partial charge on any atom is -0.316 e. The Hall–Kier alpha value is -0.860. The van der Waals surface area contributed by atoms with E-state index in [1.807, 2.05) is 0 Å². The lowest BCUT2D eigenvalue weighted by Crippen LogP contribution is -2.31. The summed E-state index contributed by atoms with van der Waals surface area (Å²) in [6.45, 7) is 4.67. The number of likely N-dealkylation sites (tertiary alicyclic amines) is 1. The SMILES string of the molecule is CNC1CCN(C2CCc3ccc(C)cc32)C1. The second-order valence-electron chi connectivity index (χ2n) is 5.53. The number of likely N-dealkylation sites (N-methyl/N-ethyl adjacent to an activating group) is 1. The fourth-order valence-electron chi connectivity index (χ4n) is 3.39. The number of benzene rings is 1. The smallest absolute Gasteiger partial charge is 0.0354 e. The number of aryl methyl sites for hydroxylation is 2. The van der Waals surface area contributed by atoms with Crippen LogP contribution in [-0.4, -0.2) is 31.1 Å². The third-order valence-corrected chi connectivity index (χ3v) is 4.42. The first-order valence-electron chi connectivity index (χ1n) is 6.78. The first kappa shape index (κ1) is 11.2. The van der Waals surface area contributed by atoms with E-state index in [2.05, 4.69) is 42.4 Å². The molecule has 2 heteroatoms. The molecular weight excluding hydrogens is 208 g/mol. The molecule has 17 heavy (non-hydrogen) atoms. The molecule has 1 fully saturated rings. The highest BCUT2D eigenvalue weighted by atomic mass is 15.2. The van der Waals surface area contributed by atoms with Crippen molar-refractivity contribution in [2.24, 2.45) is 0 Å². The molecule has 1 N–H and O–H groups in total. The molecule has 1 saturated heterocycles. The van der Waals surface area contributed by atoms with Crippen LogP contribution in [0.3, 0.4) is 0 Å². The fourth-order valence-corrected chi connectivity index (χ4v) is 3.39. The van der Waals surface area contributed by atoms with Crippen LogP contribution in [0.5, 0.6) is 0 Å². The average molecular weight is 230 g/mol. The summed E-state index contributed by atoms with van der Waals surface area (Å²) in [5.41, 5.74) is 4.58. The van der Waals surface area contributed by atoms with Gasteiger partial charge in [0.2, 0.25) is 0 Å². The second-order valence-corrected chi connectivity index (χ2v) is 5.53. The molecule has 0 spiro atoms. The molecule has 0 bridgehead atoms. The van der Waals surface area contributed by atoms with Crippen LogP contribution >= 0.6 is 0 Å². The van der Waals surface area contributed by atoms with E-state index in [9.17, 15) is 0 Å². The van der Waals surface area contributed by atoms with Gasteiger partial charge in [0.25, 0.3) is 0 Å². The van der Waals surface area contributed by atoms with Crippen LogP contribution in [-0.2, 0) is 6.42 Å². The fraction of sp³-hybridized carbons (Fsp3) is 0.600. The Bertz CT molecular complexity index is 413. The summed E-state index contributed by atoms with van der Waals surface area (Å²) < 4.78 is 0. The van der Waals surface area contributed by atoms with E-state index in [0.29, 0.717) is 12.1 Å². The monoisotopic (exact) mass is 230 g/mol. The lowest BCUT2D eigenvalue weighted by atomic mass is 10.0. The van der Waals surface area contributed by atoms with Gasteiger partial charge in [-0.2, -0.15) is 0 Å². The van der Waals surface area contributed by atoms with E-state index < -0.39 is 0 Å². The summed E-state index contributed by atoms with van der Waals surface area (Å²) in [7, 11) is 2.08. The van der Waals surface area contributed by atoms with Crippen molar-refractivity contribution in [3.8, 4) is 0 Å². The van der Waals surface area contributed by atoms with Crippen molar-refractivity contribution in [2.75, 3.05) is 20.1 Å². The van der Waals surface area contributed by atoms with E-state index in [1.54, 1.807) is 11.1 Å². The molecule has 1 aliphatic carbocycles. The van der Waals surface area contributed by atoms with Crippen LogP contribution in [0.1, 0.15) is 35.6 Å². The van der Waals surface area contributed by atoms with Crippen molar-refractivity contribution >= 4 is 0 Å². The molecule has 1 aromatic carbocycles. The Morgan fingerprint density at radius 1 is 1.29 bits per heavy atom. The van der Waals surface area contributed by atoms with E-state index in [-0.39, 0.29) is 0 Å². The first-order chi connectivity index (χ1) is 8.28. The number of nitrogens with one attached hydrogen (secondary N) is 1. The van der Waals surface area contributed by atoms with Gasteiger partial charge in [-0.15, -0.1) is 0 Å². The Morgan fingerprint density at radius 3 is 2.94 bits per heavy atom. The van der Waals surface area contributed by atoms with Crippen LogP contribution in [0.25, 0.3) is 0 Å². The third-order valence-electron chi connectivity index (χ3n) is 4.42. The van der Waals surface area contributed by atoms with Crippen LogP contribution in [0, 0.1) is 6.92 Å². The third kappa shape index (κ3) is 2.00. The quantitative estimate of drug-likeness (QED) is 0.838. The van der Waals surface area contributed by atoms with Gasteiger partial charge in [0.15, 0.2) is 0 Å². The molecule has 3 rings (SSSR count). The number of hydrogen-bond acceptors (Lipinski definition) is 2. The zero-order valence-electron chi connectivity index (χ0n) is 10.9. The molecule has 2 unspecified atom stereocenters. The number of fused-ring (bicyclic) bond motifs is 1. The molecule has 1 aromatic rings. The summed E-state index contributed by atoms with van der Waals surface area (Å²) in [5.74, 6) is 0. The Kier molecular flexibility index (Phi) is 2.93. The van der Waals surface area contributed by atoms with E-state index in [1.165, 1.54) is 37.9 Å². The average Bonchev–Trinajstić information content (AvgIpc) is 2.93. The van der Waals surface area contributed by atoms with Crippen molar-refractivity contribution in [3.63, 3.8) is 0 Å². The highest BCUT2D eigenvalue weighted by Crippen LogP contribution is 2.37. The molecule has 0 amide bonds. The number of nitrogens with zero attached hydrogens (tertiary/aromatic N) is 1. The Morgan fingerprint density at radius 2 is 2.18 bits per heavy atom. The van der Waals surface area contributed by atoms with Crippen molar-refractivity contribution in [1.82, 2.24) is 10.2 Å². The molecule has 92 valence electrons.